The van der Waals surface area contributed by atoms with Crippen LogP contribution in [0.5, 0.6) is 5.75 Å². The lowest BCUT2D eigenvalue weighted by Gasteiger charge is -2.01. The Hall–Kier alpha value is -2.69. The highest BCUT2D eigenvalue weighted by atomic mass is 16.3. The molecule has 0 spiro atoms. The summed E-state index contributed by atoms with van der Waals surface area (Å²) in [5, 5.41) is 18.1. The van der Waals surface area contributed by atoms with Crippen LogP contribution in [0.2, 0.25) is 0 Å². The lowest BCUT2D eigenvalue weighted by Crippen LogP contribution is -1.87. The number of rotatable bonds is 3. The number of aryl methyl sites for hydroxylation is 1. The molecule has 0 saturated heterocycles. The third kappa shape index (κ3) is 2.57. The minimum atomic E-state index is 0.175. The molecule has 1 aromatic carbocycles. The lowest BCUT2D eigenvalue weighted by molar-refractivity contribution is 0.475. The summed E-state index contributed by atoms with van der Waals surface area (Å²) in [6.45, 7) is 6.21. The number of phenolic OH excluding ortho intramolecular Hbond substituents is 1. The Kier molecular flexibility index (Phi) is 3.63. The second-order valence-electron chi connectivity index (χ2n) is 5.58. The van der Waals surface area contributed by atoms with Crippen molar-refractivity contribution in [2.75, 3.05) is 0 Å². The second kappa shape index (κ2) is 5.60. The van der Waals surface area contributed by atoms with Crippen molar-refractivity contribution in [1.29, 1.82) is 0 Å². The molecule has 0 aliphatic heterocycles. The van der Waals surface area contributed by atoms with Crippen LogP contribution in [-0.4, -0.2) is 14.5 Å². The largest absolute Gasteiger partial charge is 0.508 e. The molecule has 1 N–H and O–H groups in total. The van der Waals surface area contributed by atoms with Crippen LogP contribution in [0, 0.1) is 6.92 Å². The van der Waals surface area contributed by atoms with Crippen molar-refractivity contribution in [3.63, 3.8) is 0 Å². The van der Waals surface area contributed by atoms with E-state index in [2.05, 4.69) is 24.1 Å². The molecule has 3 aromatic rings. The summed E-state index contributed by atoms with van der Waals surface area (Å²) in [4.78, 5) is 4.70. The number of azo groups is 1. The van der Waals surface area contributed by atoms with Crippen molar-refractivity contribution in [3.8, 4) is 5.75 Å². The van der Waals surface area contributed by atoms with Crippen LogP contribution in [0.4, 0.5) is 11.5 Å². The van der Waals surface area contributed by atoms with Crippen LogP contribution in [0.25, 0.3) is 5.65 Å². The molecule has 22 heavy (non-hydrogen) atoms. The number of imidazole rings is 1. The number of pyridine rings is 1. The van der Waals surface area contributed by atoms with E-state index in [-0.39, 0.29) is 11.7 Å². The highest BCUT2D eigenvalue weighted by molar-refractivity contribution is 5.57. The number of hydrogen-bond acceptors (Lipinski definition) is 4. The SMILES string of the molecule is Cc1cccn2c(N=Nc3cccc(O)c3)c(C(C)C)nc12. The normalized spacial score (nSPS) is 11.8. The maximum atomic E-state index is 9.50. The summed E-state index contributed by atoms with van der Waals surface area (Å²) in [6, 6.07) is 10.7. The summed E-state index contributed by atoms with van der Waals surface area (Å²) < 4.78 is 1.96. The van der Waals surface area contributed by atoms with Crippen LogP contribution in [0.3, 0.4) is 0 Å². The Morgan fingerprint density at radius 2 is 1.95 bits per heavy atom. The standard InChI is InChI=1S/C17H18N4O/c1-11(2)15-17(20-19-13-7-4-8-14(22)10-13)21-9-5-6-12(3)16(21)18-15/h4-11,22H,1-3H3. The molecule has 112 valence electrons. The maximum Gasteiger partial charge on any atom is 0.183 e. The molecule has 0 fully saturated rings. The molecule has 0 aliphatic rings. The zero-order chi connectivity index (χ0) is 15.7. The summed E-state index contributed by atoms with van der Waals surface area (Å²) in [5.41, 5.74) is 3.52. The number of nitrogens with zero attached hydrogens (tertiary/aromatic N) is 4. The van der Waals surface area contributed by atoms with Gasteiger partial charge < -0.3 is 5.11 Å². The van der Waals surface area contributed by atoms with Crippen LogP contribution in [-0.2, 0) is 0 Å². The van der Waals surface area contributed by atoms with Gasteiger partial charge in [-0.1, -0.05) is 26.0 Å². The third-order valence-corrected chi connectivity index (χ3v) is 3.48. The van der Waals surface area contributed by atoms with Gasteiger partial charge in [0.2, 0.25) is 0 Å². The minimum Gasteiger partial charge on any atom is -0.508 e. The van der Waals surface area contributed by atoms with Gasteiger partial charge >= 0.3 is 0 Å². The molecule has 2 aromatic heterocycles. The summed E-state index contributed by atoms with van der Waals surface area (Å²) in [5.74, 6) is 1.16. The van der Waals surface area contributed by atoms with E-state index in [9.17, 15) is 5.11 Å². The Bertz CT molecular complexity index is 849. The number of fused-ring (bicyclic) bond motifs is 1. The van der Waals surface area contributed by atoms with Gasteiger partial charge in [-0.2, -0.15) is 0 Å². The molecule has 0 bridgehead atoms. The van der Waals surface area contributed by atoms with Gasteiger partial charge in [-0.05, 0) is 36.6 Å². The van der Waals surface area contributed by atoms with E-state index in [0.29, 0.717) is 5.69 Å². The zero-order valence-electron chi connectivity index (χ0n) is 12.9. The number of aromatic hydroxyl groups is 1. The predicted octanol–water partition coefficient (Wildman–Crippen LogP) is 4.89. The molecular formula is C17H18N4O. The topological polar surface area (TPSA) is 62.2 Å². The van der Waals surface area contributed by atoms with Crippen molar-refractivity contribution in [2.45, 2.75) is 26.7 Å². The molecule has 0 unspecified atom stereocenters. The monoisotopic (exact) mass is 294 g/mol. The number of benzene rings is 1. The molecule has 0 saturated carbocycles. The van der Waals surface area contributed by atoms with Gasteiger partial charge in [0.15, 0.2) is 5.82 Å². The Balaban J connectivity index is 2.13. The maximum absolute atomic E-state index is 9.50. The van der Waals surface area contributed by atoms with Gasteiger partial charge in [0.25, 0.3) is 0 Å². The first-order valence-electron chi connectivity index (χ1n) is 7.24. The fourth-order valence-corrected chi connectivity index (χ4v) is 2.36. The van der Waals surface area contributed by atoms with Crippen LogP contribution >= 0.6 is 0 Å². The molecule has 2 heterocycles. The predicted molar refractivity (Wildman–Crippen MR) is 86.3 cm³/mol. The molecule has 0 amide bonds. The van der Waals surface area contributed by atoms with E-state index < -0.39 is 0 Å². The van der Waals surface area contributed by atoms with Crippen molar-refractivity contribution in [2.24, 2.45) is 10.2 Å². The van der Waals surface area contributed by atoms with E-state index in [1.807, 2.05) is 29.7 Å². The van der Waals surface area contributed by atoms with Crippen molar-refractivity contribution in [3.05, 3.63) is 53.9 Å². The van der Waals surface area contributed by atoms with E-state index in [1.54, 1.807) is 24.3 Å². The average molecular weight is 294 g/mol. The van der Waals surface area contributed by atoms with Gasteiger partial charge in [0.1, 0.15) is 11.4 Å². The highest BCUT2D eigenvalue weighted by Gasteiger charge is 2.15. The van der Waals surface area contributed by atoms with Gasteiger partial charge in [0.05, 0.1) is 11.4 Å². The Labute approximate surface area is 129 Å². The zero-order valence-corrected chi connectivity index (χ0v) is 12.9. The van der Waals surface area contributed by atoms with Crippen molar-refractivity contribution < 1.29 is 5.11 Å². The first-order valence-corrected chi connectivity index (χ1v) is 7.24. The van der Waals surface area contributed by atoms with Gasteiger partial charge in [-0.25, -0.2) is 4.98 Å². The van der Waals surface area contributed by atoms with E-state index >= 15 is 0 Å². The molecule has 0 aliphatic carbocycles. The van der Waals surface area contributed by atoms with E-state index in [0.717, 1.165) is 22.7 Å². The minimum absolute atomic E-state index is 0.175. The molecular weight excluding hydrogens is 276 g/mol. The summed E-state index contributed by atoms with van der Waals surface area (Å²) >= 11 is 0. The molecule has 0 atom stereocenters. The summed E-state index contributed by atoms with van der Waals surface area (Å²) in [7, 11) is 0. The van der Waals surface area contributed by atoms with E-state index in [4.69, 9.17) is 4.98 Å². The molecule has 5 nitrogen and oxygen atoms in total. The van der Waals surface area contributed by atoms with Crippen LogP contribution < -0.4 is 0 Å². The van der Waals surface area contributed by atoms with E-state index in [1.165, 1.54) is 0 Å². The molecule has 5 heteroatoms. The van der Waals surface area contributed by atoms with Gasteiger partial charge in [-0.3, -0.25) is 4.40 Å². The summed E-state index contributed by atoms with van der Waals surface area (Å²) in [6.07, 6.45) is 1.94. The number of aromatic nitrogens is 2. The van der Waals surface area contributed by atoms with Crippen LogP contribution in [0.1, 0.15) is 31.0 Å². The molecule has 0 radical (unpaired) electrons. The van der Waals surface area contributed by atoms with Crippen molar-refractivity contribution >= 4 is 17.2 Å². The lowest BCUT2D eigenvalue weighted by atomic mass is 10.1. The first-order chi connectivity index (χ1) is 10.6. The number of phenols is 1. The van der Waals surface area contributed by atoms with Crippen molar-refractivity contribution in [1.82, 2.24) is 9.38 Å². The highest BCUT2D eigenvalue weighted by Crippen LogP contribution is 2.30. The Morgan fingerprint density at radius 1 is 1.14 bits per heavy atom. The Morgan fingerprint density at radius 3 is 2.68 bits per heavy atom. The fourth-order valence-electron chi connectivity index (χ4n) is 2.36. The number of hydrogen-bond donors (Lipinski definition) is 1. The smallest absolute Gasteiger partial charge is 0.183 e. The average Bonchev–Trinajstić information content (AvgIpc) is 2.86. The fraction of sp³-hybridized carbons (Fsp3) is 0.235. The van der Waals surface area contributed by atoms with Gasteiger partial charge in [-0.15, -0.1) is 10.2 Å². The second-order valence-corrected chi connectivity index (χ2v) is 5.58. The quantitative estimate of drug-likeness (QED) is 0.699. The molecule has 3 rings (SSSR count). The van der Waals surface area contributed by atoms with Crippen LogP contribution in [0.15, 0.2) is 52.8 Å². The third-order valence-electron chi connectivity index (χ3n) is 3.48. The first kappa shape index (κ1) is 14.3. The van der Waals surface area contributed by atoms with Gasteiger partial charge in [0, 0.05) is 12.3 Å².